The Kier molecular flexibility index (Phi) is 3.99. The maximum absolute atomic E-state index is 10.8. The number of rotatable bonds is 5. The van der Waals surface area contributed by atoms with E-state index in [1.165, 1.54) is 12.8 Å². The summed E-state index contributed by atoms with van der Waals surface area (Å²) < 4.78 is 5.71. The van der Waals surface area contributed by atoms with E-state index in [4.69, 9.17) is 4.74 Å². The summed E-state index contributed by atoms with van der Waals surface area (Å²) in [6, 6.07) is 11.1. The molecule has 1 N–H and O–H groups in total. The highest BCUT2D eigenvalue weighted by Gasteiger charge is 2.45. The molecule has 2 bridgehead atoms. The average molecular weight is 275 g/mol. The van der Waals surface area contributed by atoms with Gasteiger partial charge in [0.2, 0.25) is 0 Å². The molecular formula is C17H25NO2. The number of piperidine rings is 1. The van der Waals surface area contributed by atoms with Crippen molar-refractivity contribution in [2.75, 3.05) is 13.7 Å². The van der Waals surface area contributed by atoms with Gasteiger partial charge in [-0.15, -0.1) is 0 Å². The van der Waals surface area contributed by atoms with Crippen LogP contribution in [0.3, 0.4) is 0 Å². The highest BCUT2D eigenvalue weighted by Crippen LogP contribution is 2.41. The first kappa shape index (κ1) is 13.9. The van der Waals surface area contributed by atoms with Crippen LogP contribution in [-0.4, -0.2) is 41.3 Å². The Morgan fingerprint density at radius 2 is 1.85 bits per heavy atom. The molecule has 20 heavy (non-hydrogen) atoms. The zero-order valence-corrected chi connectivity index (χ0v) is 12.3. The first-order valence-corrected chi connectivity index (χ1v) is 7.78. The Balaban J connectivity index is 1.44. The van der Waals surface area contributed by atoms with Crippen molar-refractivity contribution >= 4 is 0 Å². The van der Waals surface area contributed by atoms with E-state index in [9.17, 15) is 5.11 Å². The fourth-order valence-electron chi connectivity index (χ4n) is 3.85. The van der Waals surface area contributed by atoms with E-state index in [1.54, 1.807) is 0 Å². The molecule has 0 spiro atoms. The predicted octanol–water partition coefficient (Wildman–Crippen LogP) is 2.83. The van der Waals surface area contributed by atoms with Gasteiger partial charge in [-0.05, 0) is 57.7 Å². The fraction of sp³-hybridized carbons (Fsp3) is 0.647. The lowest BCUT2D eigenvalue weighted by Gasteiger charge is -2.42. The van der Waals surface area contributed by atoms with Crippen LogP contribution < -0.4 is 4.74 Å². The predicted molar refractivity (Wildman–Crippen MR) is 79.9 cm³/mol. The summed E-state index contributed by atoms with van der Waals surface area (Å²) in [5.41, 5.74) is -0.460. The summed E-state index contributed by atoms with van der Waals surface area (Å²) in [6.07, 6.45) is 6.17. The Labute approximate surface area is 121 Å². The third kappa shape index (κ3) is 2.99. The van der Waals surface area contributed by atoms with E-state index in [-0.39, 0.29) is 0 Å². The second-order valence-electron chi connectivity index (χ2n) is 6.45. The molecule has 0 saturated carbocycles. The summed E-state index contributed by atoms with van der Waals surface area (Å²) in [4.78, 5) is 2.47. The molecule has 0 aromatic heterocycles. The summed E-state index contributed by atoms with van der Waals surface area (Å²) in [5.74, 6) is 0.919. The molecule has 0 amide bonds. The van der Waals surface area contributed by atoms with Gasteiger partial charge in [-0.2, -0.15) is 0 Å². The molecule has 1 aromatic rings. The van der Waals surface area contributed by atoms with Gasteiger partial charge in [-0.1, -0.05) is 18.2 Å². The van der Waals surface area contributed by atoms with Crippen LogP contribution in [0.5, 0.6) is 5.75 Å². The van der Waals surface area contributed by atoms with E-state index in [0.29, 0.717) is 18.7 Å². The van der Waals surface area contributed by atoms with Crippen molar-refractivity contribution in [2.45, 2.75) is 56.2 Å². The number of hydrogen-bond donors (Lipinski definition) is 1. The van der Waals surface area contributed by atoms with Crippen LogP contribution in [0.4, 0.5) is 0 Å². The Bertz CT molecular complexity index is 420. The minimum Gasteiger partial charge on any atom is -0.494 e. The summed E-state index contributed by atoms with van der Waals surface area (Å²) in [5, 5.41) is 10.8. The SMILES string of the molecule is CN1C2CCC1CC(O)(CCCOc1ccccc1)C2. The van der Waals surface area contributed by atoms with Crippen LogP contribution in [0.25, 0.3) is 0 Å². The summed E-state index contributed by atoms with van der Waals surface area (Å²) in [7, 11) is 2.21. The molecule has 3 nitrogen and oxygen atoms in total. The second kappa shape index (κ2) is 5.74. The molecule has 2 atom stereocenters. The minimum absolute atomic E-state index is 0.460. The Hall–Kier alpha value is -1.06. The van der Waals surface area contributed by atoms with E-state index in [0.717, 1.165) is 31.4 Å². The van der Waals surface area contributed by atoms with Gasteiger partial charge >= 0.3 is 0 Å². The summed E-state index contributed by atoms with van der Waals surface area (Å²) in [6.45, 7) is 0.692. The van der Waals surface area contributed by atoms with Crippen LogP contribution in [-0.2, 0) is 0 Å². The van der Waals surface area contributed by atoms with Crippen molar-refractivity contribution < 1.29 is 9.84 Å². The second-order valence-corrected chi connectivity index (χ2v) is 6.45. The van der Waals surface area contributed by atoms with Crippen molar-refractivity contribution in [1.82, 2.24) is 4.90 Å². The van der Waals surface area contributed by atoms with Crippen LogP contribution in [0, 0.1) is 0 Å². The van der Waals surface area contributed by atoms with E-state index >= 15 is 0 Å². The monoisotopic (exact) mass is 275 g/mol. The van der Waals surface area contributed by atoms with E-state index < -0.39 is 5.60 Å². The van der Waals surface area contributed by atoms with Crippen LogP contribution >= 0.6 is 0 Å². The van der Waals surface area contributed by atoms with Crippen LogP contribution in [0.1, 0.15) is 38.5 Å². The summed E-state index contributed by atoms with van der Waals surface area (Å²) >= 11 is 0. The lowest BCUT2D eigenvalue weighted by Crippen LogP contribution is -2.49. The molecule has 2 aliphatic heterocycles. The Morgan fingerprint density at radius 3 is 2.50 bits per heavy atom. The molecule has 3 heteroatoms. The molecule has 2 fully saturated rings. The van der Waals surface area contributed by atoms with Gasteiger partial charge in [-0.25, -0.2) is 0 Å². The lowest BCUT2D eigenvalue weighted by atomic mass is 9.83. The van der Waals surface area contributed by atoms with Gasteiger partial charge in [0.05, 0.1) is 12.2 Å². The van der Waals surface area contributed by atoms with Gasteiger partial charge in [0.25, 0.3) is 0 Å². The van der Waals surface area contributed by atoms with Crippen molar-refractivity contribution in [3.05, 3.63) is 30.3 Å². The Morgan fingerprint density at radius 1 is 1.20 bits per heavy atom. The third-order valence-corrected chi connectivity index (χ3v) is 5.01. The van der Waals surface area contributed by atoms with Gasteiger partial charge in [0, 0.05) is 12.1 Å². The number of nitrogens with zero attached hydrogens (tertiary/aromatic N) is 1. The van der Waals surface area contributed by atoms with Gasteiger partial charge in [0.15, 0.2) is 0 Å². The molecule has 1 aromatic carbocycles. The molecule has 2 saturated heterocycles. The zero-order chi connectivity index (χ0) is 14.0. The quantitative estimate of drug-likeness (QED) is 0.839. The number of fused-ring (bicyclic) bond motifs is 2. The molecule has 0 aliphatic carbocycles. The first-order valence-electron chi connectivity index (χ1n) is 7.78. The molecule has 2 heterocycles. The van der Waals surface area contributed by atoms with Crippen molar-refractivity contribution in [1.29, 1.82) is 0 Å². The molecule has 2 aliphatic rings. The lowest BCUT2D eigenvalue weighted by molar-refractivity contribution is -0.0526. The largest absolute Gasteiger partial charge is 0.494 e. The topological polar surface area (TPSA) is 32.7 Å². The van der Waals surface area contributed by atoms with Gasteiger partial charge in [0.1, 0.15) is 5.75 Å². The van der Waals surface area contributed by atoms with E-state index in [2.05, 4.69) is 11.9 Å². The third-order valence-electron chi connectivity index (χ3n) is 5.01. The number of aliphatic hydroxyl groups is 1. The molecule has 3 rings (SSSR count). The molecule has 0 radical (unpaired) electrons. The highest BCUT2D eigenvalue weighted by molar-refractivity contribution is 5.20. The van der Waals surface area contributed by atoms with Crippen molar-refractivity contribution in [3.63, 3.8) is 0 Å². The zero-order valence-electron chi connectivity index (χ0n) is 12.3. The van der Waals surface area contributed by atoms with Crippen LogP contribution in [0.2, 0.25) is 0 Å². The van der Waals surface area contributed by atoms with Crippen molar-refractivity contribution in [3.8, 4) is 5.75 Å². The first-order chi connectivity index (χ1) is 9.66. The number of benzene rings is 1. The molecular weight excluding hydrogens is 250 g/mol. The standard InChI is InChI=1S/C17H25NO2/c1-18-14-8-9-15(18)13-17(19,12-14)10-5-11-20-16-6-3-2-4-7-16/h2-4,6-7,14-15,19H,5,8-13H2,1H3. The molecule has 110 valence electrons. The maximum atomic E-state index is 10.8. The van der Waals surface area contributed by atoms with Crippen LogP contribution in [0.15, 0.2) is 30.3 Å². The smallest absolute Gasteiger partial charge is 0.119 e. The van der Waals surface area contributed by atoms with Crippen molar-refractivity contribution in [2.24, 2.45) is 0 Å². The number of ether oxygens (including phenoxy) is 1. The number of para-hydroxylation sites is 1. The van der Waals surface area contributed by atoms with Gasteiger partial charge < -0.3 is 14.7 Å². The average Bonchev–Trinajstić information content (AvgIpc) is 2.68. The molecule has 2 unspecified atom stereocenters. The minimum atomic E-state index is -0.460. The highest BCUT2D eigenvalue weighted by atomic mass is 16.5. The normalized spacial score (nSPS) is 33.3. The van der Waals surface area contributed by atoms with Gasteiger partial charge in [-0.3, -0.25) is 0 Å². The number of hydrogen-bond acceptors (Lipinski definition) is 3. The fourth-order valence-corrected chi connectivity index (χ4v) is 3.85. The maximum Gasteiger partial charge on any atom is 0.119 e. The van der Waals surface area contributed by atoms with E-state index in [1.807, 2.05) is 30.3 Å².